The monoisotopic (exact) mass is 338 g/mol. The number of hydrogen-bond donors (Lipinski definition) is 1. The molecule has 11 heteroatoms. The Hall–Kier alpha value is -2.53. The maximum absolute atomic E-state index is 12.4. The number of rotatable bonds is 6. The number of aromatic nitrogens is 4. The van der Waals surface area contributed by atoms with Crippen LogP contribution >= 0.6 is 12.0 Å². The third-order valence-corrected chi connectivity index (χ3v) is 3.90. The number of anilines is 1. The average Bonchev–Trinajstić information content (AvgIpc) is 2.90. The van der Waals surface area contributed by atoms with Crippen molar-refractivity contribution in [3.8, 4) is 0 Å². The van der Waals surface area contributed by atoms with Crippen LogP contribution in [-0.4, -0.2) is 37.6 Å². The van der Waals surface area contributed by atoms with Gasteiger partial charge in [-0.2, -0.15) is 0 Å². The highest BCUT2D eigenvalue weighted by Crippen LogP contribution is 2.36. The van der Waals surface area contributed by atoms with Gasteiger partial charge in [-0.1, -0.05) is 11.2 Å². The summed E-state index contributed by atoms with van der Waals surface area (Å²) in [6.45, 7) is 3.86. The average molecular weight is 338 g/mol. The number of amides is 1. The van der Waals surface area contributed by atoms with Gasteiger partial charge in [0.1, 0.15) is 10.5 Å². The molecule has 1 amide bonds. The number of aryl methyl sites for hydroxylation is 2. The van der Waals surface area contributed by atoms with Crippen LogP contribution in [0.5, 0.6) is 0 Å². The molecule has 2 rings (SSSR count). The molecule has 0 spiro atoms. The van der Waals surface area contributed by atoms with Gasteiger partial charge >= 0.3 is 0 Å². The van der Waals surface area contributed by atoms with E-state index in [1.807, 2.05) is 0 Å². The molecule has 0 saturated carbocycles. The SMILES string of the molecule is CCOSc1c(C)ccc(C(=O)Nc2nnnn2C)c1[N+](=O)[O-]. The minimum absolute atomic E-state index is 0.0869. The first-order valence-corrected chi connectivity index (χ1v) is 7.31. The van der Waals surface area contributed by atoms with E-state index in [1.54, 1.807) is 19.9 Å². The Morgan fingerprint density at radius 3 is 2.83 bits per heavy atom. The summed E-state index contributed by atoms with van der Waals surface area (Å²) in [5, 5.41) is 24.5. The molecular formula is C12H14N6O4S. The molecule has 1 N–H and O–H groups in total. The van der Waals surface area contributed by atoms with Crippen molar-refractivity contribution in [2.75, 3.05) is 11.9 Å². The highest BCUT2D eigenvalue weighted by Gasteiger charge is 2.27. The van der Waals surface area contributed by atoms with Crippen molar-refractivity contribution in [3.63, 3.8) is 0 Å². The van der Waals surface area contributed by atoms with Crippen molar-refractivity contribution in [2.45, 2.75) is 18.7 Å². The number of benzene rings is 1. The summed E-state index contributed by atoms with van der Waals surface area (Å²) in [6.07, 6.45) is 0. The van der Waals surface area contributed by atoms with Crippen LogP contribution in [0.15, 0.2) is 17.0 Å². The predicted octanol–water partition coefficient (Wildman–Crippen LogP) is 1.72. The zero-order valence-corrected chi connectivity index (χ0v) is 13.5. The quantitative estimate of drug-likeness (QED) is 0.479. The molecule has 0 aliphatic heterocycles. The van der Waals surface area contributed by atoms with Gasteiger partial charge in [-0.25, -0.2) is 4.68 Å². The summed E-state index contributed by atoms with van der Waals surface area (Å²) in [4.78, 5) is 23.5. The number of nitrogens with one attached hydrogen (secondary N) is 1. The van der Waals surface area contributed by atoms with Crippen molar-refractivity contribution in [3.05, 3.63) is 33.4 Å². The van der Waals surface area contributed by atoms with Crippen molar-refractivity contribution in [2.24, 2.45) is 7.05 Å². The highest BCUT2D eigenvalue weighted by atomic mass is 32.2. The molecule has 0 aliphatic carbocycles. The Kier molecular flexibility index (Phi) is 5.24. The normalized spacial score (nSPS) is 10.6. The first kappa shape index (κ1) is 16.8. The summed E-state index contributed by atoms with van der Waals surface area (Å²) in [5.74, 6) is -0.586. The minimum Gasteiger partial charge on any atom is -0.310 e. The van der Waals surface area contributed by atoms with Gasteiger partial charge in [-0.05, 0) is 35.9 Å². The molecular weight excluding hydrogens is 324 g/mol. The van der Waals surface area contributed by atoms with E-state index in [-0.39, 0.29) is 17.2 Å². The van der Waals surface area contributed by atoms with Gasteiger partial charge in [0.25, 0.3) is 11.6 Å². The Morgan fingerprint density at radius 1 is 1.52 bits per heavy atom. The summed E-state index contributed by atoms with van der Waals surface area (Å²) in [5.41, 5.74) is 0.244. The van der Waals surface area contributed by atoms with Crippen LogP contribution in [0.2, 0.25) is 0 Å². The summed E-state index contributed by atoms with van der Waals surface area (Å²) in [7, 11) is 1.54. The third-order valence-electron chi connectivity index (χ3n) is 2.86. The van der Waals surface area contributed by atoms with Crippen LogP contribution in [0.4, 0.5) is 11.6 Å². The topological polar surface area (TPSA) is 125 Å². The van der Waals surface area contributed by atoms with E-state index in [0.717, 1.165) is 12.0 Å². The lowest BCUT2D eigenvalue weighted by Crippen LogP contribution is -2.17. The van der Waals surface area contributed by atoms with Crippen LogP contribution in [0.3, 0.4) is 0 Å². The zero-order valence-electron chi connectivity index (χ0n) is 12.6. The maximum Gasteiger partial charge on any atom is 0.298 e. The molecule has 0 aliphatic rings. The first-order valence-electron chi connectivity index (χ1n) is 6.56. The standard InChI is InChI=1S/C12H14N6O4S/c1-4-22-23-10-7(2)5-6-8(9(10)18(20)21)11(19)13-12-14-15-16-17(12)3/h5-6H,4H2,1-3H3,(H,13,14,16,19). The van der Waals surface area contributed by atoms with Gasteiger partial charge in [0, 0.05) is 19.1 Å². The fourth-order valence-electron chi connectivity index (χ4n) is 1.76. The number of carbonyl (C=O) groups is 1. The number of hydrogen-bond acceptors (Lipinski definition) is 8. The van der Waals surface area contributed by atoms with Gasteiger partial charge in [0.05, 0.1) is 11.5 Å². The molecule has 0 fully saturated rings. The number of nitro benzene ring substituents is 1. The molecule has 23 heavy (non-hydrogen) atoms. The molecule has 122 valence electrons. The van der Waals surface area contributed by atoms with Gasteiger partial charge in [-0.3, -0.25) is 20.2 Å². The second kappa shape index (κ2) is 7.15. The van der Waals surface area contributed by atoms with Crippen molar-refractivity contribution in [1.29, 1.82) is 0 Å². The lowest BCUT2D eigenvalue weighted by molar-refractivity contribution is -0.388. The zero-order chi connectivity index (χ0) is 17.0. The highest BCUT2D eigenvalue weighted by molar-refractivity contribution is 7.94. The van der Waals surface area contributed by atoms with Crippen molar-refractivity contribution >= 4 is 29.6 Å². The first-order chi connectivity index (χ1) is 11.0. The van der Waals surface area contributed by atoms with Crippen LogP contribution < -0.4 is 5.32 Å². The van der Waals surface area contributed by atoms with E-state index >= 15 is 0 Å². The van der Waals surface area contributed by atoms with E-state index in [9.17, 15) is 14.9 Å². The predicted molar refractivity (Wildman–Crippen MR) is 82.1 cm³/mol. The van der Waals surface area contributed by atoms with E-state index in [1.165, 1.54) is 17.8 Å². The molecule has 1 heterocycles. The van der Waals surface area contributed by atoms with Gasteiger partial charge < -0.3 is 4.18 Å². The lowest BCUT2D eigenvalue weighted by Gasteiger charge is -2.09. The van der Waals surface area contributed by atoms with Crippen molar-refractivity contribution in [1.82, 2.24) is 20.2 Å². The molecule has 0 saturated heterocycles. The Morgan fingerprint density at radius 2 is 2.26 bits per heavy atom. The maximum atomic E-state index is 12.4. The molecule has 0 radical (unpaired) electrons. The molecule has 10 nitrogen and oxygen atoms in total. The van der Waals surface area contributed by atoms with E-state index < -0.39 is 10.8 Å². The number of carbonyl (C=O) groups excluding carboxylic acids is 1. The number of nitro groups is 1. The van der Waals surface area contributed by atoms with Crippen LogP contribution in [0.1, 0.15) is 22.8 Å². The minimum atomic E-state index is -0.673. The Labute approximate surface area is 135 Å². The van der Waals surface area contributed by atoms with Gasteiger partial charge in [-0.15, -0.1) is 0 Å². The lowest BCUT2D eigenvalue weighted by atomic mass is 10.1. The molecule has 0 unspecified atom stereocenters. The fourth-order valence-corrected chi connectivity index (χ4v) is 2.46. The molecule has 1 aromatic heterocycles. The molecule has 1 aromatic carbocycles. The van der Waals surface area contributed by atoms with Gasteiger partial charge in [0.15, 0.2) is 0 Å². The van der Waals surface area contributed by atoms with Crippen LogP contribution in [0.25, 0.3) is 0 Å². The van der Waals surface area contributed by atoms with Crippen LogP contribution in [-0.2, 0) is 11.2 Å². The Bertz CT molecular complexity index is 747. The summed E-state index contributed by atoms with van der Waals surface area (Å²) >= 11 is 0.877. The van der Waals surface area contributed by atoms with E-state index in [0.29, 0.717) is 17.1 Å². The van der Waals surface area contributed by atoms with Gasteiger partial charge in [0.2, 0.25) is 5.95 Å². The Balaban J connectivity index is 2.43. The largest absolute Gasteiger partial charge is 0.310 e. The third kappa shape index (κ3) is 3.63. The molecule has 0 bridgehead atoms. The van der Waals surface area contributed by atoms with Crippen LogP contribution in [0, 0.1) is 17.0 Å². The summed E-state index contributed by atoms with van der Waals surface area (Å²) in [6, 6.07) is 3.01. The second-order valence-corrected chi connectivity index (χ2v) is 5.25. The number of tetrazole rings is 1. The van der Waals surface area contributed by atoms with E-state index in [4.69, 9.17) is 4.18 Å². The van der Waals surface area contributed by atoms with Crippen molar-refractivity contribution < 1.29 is 13.9 Å². The molecule has 2 aromatic rings. The fraction of sp³-hybridized carbons (Fsp3) is 0.333. The summed E-state index contributed by atoms with van der Waals surface area (Å²) < 4.78 is 6.44. The number of nitrogens with zero attached hydrogens (tertiary/aromatic N) is 5. The smallest absolute Gasteiger partial charge is 0.298 e. The van der Waals surface area contributed by atoms with E-state index in [2.05, 4.69) is 20.8 Å². The molecule has 0 atom stereocenters. The second-order valence-electron chi connectivity index (χ2n) is 4.43.